The molecule has 1 fully saturated rings. The van der Waals surface area contributed by atoms with Crippen LogP contribution in [0.1, 0.15) is 40.0 Å². The van der Waals surface area contributed by atoms with E-state index in [9.17, 15) is 8.42 Å². The molecular weight excluding hydrogens is 198 g/mol. The Morgan fingerprint density at radius 3 is 2.36 bits per heavy atom. The van der Waals surface area contributed by atoms with E-state index in [1.54, 1.807) is 4.31 Å². The van der Waals surface area contributed by atoms with Crippen LogP contribution < -0.4 is 0 Å². The summed E-state index contributed by atoms with van der Waals surface area (Å²) in [5, 5.41) is 0. The first-order valence-corrected chi connectivity index (χ1v) is 6.90. The maximum atomic E-state index is 11.4. The summed E-state index contributed by atoms with van der Waals surface area (Å²) >= 11 is 0. The van der Waals surface area contributed by atoms with Crippen molar-refractivity contribution in [3.05, 3.63) is 0 Å². The predicted molar refractivity (Wildman–Crippen MR) is 58.7 cm³/mol. The molecule has 0 spiro atoms. The number of rotatable bonds is 3. The molecule has 4 heteroatoms. The second-order valence-corrected chi connectivity index (χ2v) is 7.32. The fourth-order valence-electron chi connectivity index (χ4n) is 1.73. The molecule has 0 bridgehead atoms. The van der Waals surface area contributed by atoms with Crippen molar-refractivity contribution < 1.29 is 8.42 Å². The van der Waals surface area contributed by atoms with E-state index in [1.165, 1.54) is 0 Å². The summed E-state index contributed by atoms with van der Waals surface area (Å²) in [5.74, 6) is 0.350. The van der Waals surface area contributed by atoms with Crippen LogP contribution in [-0.4, -0.2) is 31.6 Å². The molecule has 0 aromatic rings. The first kappa shape index (κ1) is 12.0. The number of hydrogen-bond donors (Lipinski definition) is 0. The summed E-state index contributed by atoms with van der Waals surface area (Å²) in [6.07, 6.45) is 2.86. The van der Waals surface area contributed by atoms with Crippen LogP contribution in [0.4, 0.5) is 0 Å². The van der Waals surface area contributed by atoms with Crippen molar-refractivity contribution in [2.75, 3.05) is 18.8 Å². The lowest BCUT2D eigenvalue weighted by Crippen LogP contribution is -2.27. The normalized spacial score (nSPS) is 22.8. The Morgan fingerprint density at radius 2 is 1.93 bits per heavy atom. The summed E-state index contributed by atoms with van der Waals surface area (Å²) in [7, 11) is -2.87. The van der Waals surface area contributed by atoms with Gasteiger partial charge in [-0.05, 0) is 24.7 Å². The molecule has 0 saturated carbocycles. The van der Waals surface area contributed by atoms with Crippen LogP contribution in [0.25, 0.3) is 0 Å². The highest BCUT2D eigenvalue weighted by atomic mass is 32.2. The van der Waals surface area contributed by atoms with Crippen molar-refractivity contribution >= 4 is 10.0 Å². The van der Waals surface area contributed by atoms with E-state index in [0.717, 1.165) is 25.8 Å². The van der Waals surface area contributed by atoms with Crippen LogP contribution >= 0.6 is 0 Å². The summed E-state index contributed by atoms with van der Waals surface area (Å²) in [4.78, 5) is 0. The van der Waals surface area contributed by atoms with Crippen molar-refractivity contribution in [2.45, 2.75) is 40.0 Å². The Balaban J connectivity index is 2.33. The zero-order chi connectivity index (χ0) is 10.8. The molecule has 0 atom stereocenters. The number of sulfonamides is 1. The summed E-state index contributed by atoms with van der Waals surface area (Å²) in [6.45, 7) is 7.99. The molecule has 0 amide bonds. The molecule has 1 aliphatic heterocycles. The molecule has 84 valence electrons. The van der Waals surface area contributed by atoms with E-state index < -0.39 is 10.0 Å². The van der Waals surface area contributed by atoms with Gasteiger partial charge in [-0.1, -0.05) is 20.8 Å². The maximum absolute atomic E-state index is 11.4. The lowest BCUT2D eigenvalue weighted by Gasteiger charge is -2.20. The third kappa shape index (κ3) is 3.58. The molecule has 3 nitrogen and oxygen atoms in total. The van der Waals surface area contributed by atoms with Crippen LogP contribution in [-0.2, 0) is 10.0 Å². The fraction of sp³-hybridized carbons (Fsp3) is 1.00. The van der Waals surface area contributed by atoms with Crippen LogP contribution in [0.15, 0.2) is 0 Å². The predicted octanol–water partition coefficient (Wildman–Crippen LogP) is 1.85. The van der Waals surface area contributed by atoms with Crippen LogP contribution in [0.5, 0.6) is 0 Å². The Morgan fingerprint density at radius 1 is 1.29 bits per heavy atom. The molecule has 14 heavy (non-hydrogen) atoms. The highest BCUT2D eigenvalue weighted by Crippen LogP contribution is 2.22. The smallest absolute Gasteiger partial charge is 0.212 e. The average molecular weight is 219 g/mol. The van der Waals surface area contributed by atoms with Gasteiger partial charge in [0.1, 0.15) is 0 Å². The van der Waals surface area contributed by atoms with E-state index in [1.807, 2.05) is 0 Å². The third-order valence-electron chi connectivity index (χ3n) is 2.54. The van der Waals surface area contributed by atoms with Crippen molar-refractivity contribution in [1.29, 1.82) is 0 Å². The monoisotopic (exact) mass is 219 g/mol. The molecular formula is C10H21NO2S. The van der Waals surface area contributed by atoms with E-state index in [2.05, 4.69) is 20.8 Å². The van der Waals surface area contributed by atoms with Gasteiger partial charge >= 0.3 is 0 Å². The van der Waals surface area contributed by atoms with Gasteiger partial charge in [0.05, 0.1) is 5.75 Å². The van der Waals surface area contributed by atoms with Gasteiger partial charge in [-0.2, -0.15) is 0 Å². The van der Waals surface area contributed by atoms with Gasteiger partial charge in [-0.3, -0.25) is 0 Å². The minimum Gasteiger partial charge on any atom is -0.212 e. The molecule has 0 radical (unpaired) electrons. The van der Waals surface area contributed by atoms with E-state index >= 15 is 0 Å². The SMILES string of the molecule is CC(C)(C)CCCN1CCCS1(=O)=O. The van der Waals surface area contributed by atoms with Gasteiger partial charge in [-0.15, -0.1) is 0 Å². The average Bonchev–Trinajstić information content (AvgIpc) is 2.28. The highest BCUT2D eigenvalue weighted by Gasteiger charge is 2.27. The van der Waals surface area contributed by atoms with Crippen molar-refractivity contribution in [2.24, 2.45) is 5.41 Å². The molecule has 1 aliphatic rings. The maximum Gasteiger partial charge on any atom is 0.214 e. The lowest BCUT2D eigenvalue weighted by atomic mass is 9.91. The number of hydrogen-bond acceptors (Lipinski definition) is 2. The van der Waals surface area contributed by atoms with Gasteiger partial charge < -0.3 is 0 Å². The van der Waals surface area contributed by atoms with Crippen LogP contribution in [0.3, 0.4) is 0 Å². The molecule has 0 unspecified atom stereocenters. The molecule has 1 heterocycles. The standard InChI is InChI=1S/C10H21NO2S/c1-10(2,3)6-4-7-11-8-5-9-14(11,12)13/h4-9H2,1-3H3. The zero-order valence-electron chi connectivity index (χ0n) is 9.41. The molecule has 0 aromatic heterocycles. The second kappa shape index (κ2) is 4.19. The molecule has 1 rings (SSSR count). The zero-order valence-corrected chi connectivity index (χ0v) is 10.2. The van der Waals surface area contributed by atoms with Gasteiger partial charge in [0.15, 0.2) is 0 Å². The Labute approximate surface area is 87.5 Å². The Bertz CT molecular complexity index is 277. The number of nitrogens with zero attached hydrogens (tertiary/aromatic N) is 1. The summed E-state index contributed by atoms with van der Waals surface area (Å²) < 4.78 is 24.5. The van der Waals surface area contributed by atoms with Gasteiger partial charge in [0, 0.05) is 13.1 Å². The lowest BCUT2D eigenvalue weighted by molar-refractivity contribution is 0.335. The van der Waals surface area contributed by atoms with E-state index in [-0.39, 0.29) is 0 Å². The first-order chi connectivity index (χ1) is 6.31. The summed E-state index contributed by atoms with van der Waals surface area (Å²) in [5.41, 5.74) is 0.309. The van der Waals surface area contributed by atoms with Crippen molar-refractivity contribution in [3.63, 3.8) is 0 Å². The molecule has 1 saturated heterocycles. The van der Waals surface area contributed by atoms with Crippen molar-refractivity contribution in [3.8, 4) is 0 Å². The fourth-order valence-corrected chi connectivity index (χ4v) is 3.29. The molecule has 0 aromatic carbocycles. The highest BCUT2D eigenvalue weighted by molar-refractivity contribution is 7.89. The Hall–Kier alpha value is -0.0900. The molecule has 0 N–H and O–H groups in total. The second-order valence-electron chi connectivity index (χ2n) is 5.23. The van der Waals surface area contributed by atoms with Gasteiger partial charge in [0.25, 0.3) is 0 Å². The van der Waals surface area contributed by atoms with Crippen molar-refractivity contribution in [1.82, 2.24) is 4.31 Å². The quantitative estimate of drug-likeness (QED) is 0.726. The first-order valence-electron chi connectivity index (χ1n) is 5.29. The Kier molecular flexibility index (Phi) is 3.58. The minimum atomic E-state index is -2.87. The molecule has 0 aliphatic carbocycles. The van der Waals surface area contributed by atoms with Crippen LogP contribution in [0.2, 0.25) is 0 Å². The topological polar surface area (TPSA) is 37.4 Å². The third-order valence-corrected chi connectivity index (χ3v) is 4.49. The van der Waals surface area contributed by atoms with Gasteiger partial charge in [-0.25, -0.2) is 12.7 Å². The minimum absolute atomic E-state index is 0.309. The largest absolute Gasteiger partial charge is 0.214 e. The van der Waals surface area contributed by atoms with E-state index in [4.69, 9.17) is 0 Å². The summed E-state index contributed by atoms with van der Waals surface area (Å²) in [6, 6.07) is 0. The van der Waals surface area contributed by atoms with E-state index in [0.29, 0.717) is 17.7 Å². The van der Waals surface area contributed by atoms with Crippen LogP contribution in [0, 0.1) is 5.41 Å². The van der Waals surface area contributed by atoms with Gasteiger partial charge in [0.2, 0.25) is 10.0 Å².